The number of carbonyl (C=O) groups is 1. The Hall–Kier alpha value is -3.46. The van der Waals surface area contributed by atoms with Gasteiger partial charge in [-0.25, -0.2) is 10.4 Å². The minimum Gasteiger partial charge on any atom is -0.479 e. The van der Waals surface area contributed by atoms with Crippen molar-refractivity contribution in [3.63, 3.8) is 0 Å². The summed E-state index contributed by atoms with van der Waals surface area (Å²) in [6.45, 7) is 1.53. The fourth-order valence-corrected chi connectivity index (χ4v) is 2.40. The van der Waals surface area contributed by atoms with Crippen LogP contribution in [-0.4, -0.2) is 34.5 Å². The Balaban J connectivity index is 1.52. The molecule has 148 valence electrons. The van der Waals surface area contributed by atoms with E-state index in [1.807, 2.05) is 42.5 Å². The maximum Gasteiger partial charge on any atom is 0.312 e. The first kappa shape index (κ1) is 20.3. The monoisotopic (exact) mass is 456 g/mol. The maximum absolute atomic E-state index is 12.0. The highest BCUT2D eigenvalue weighted by atomic mass is 79.9. The molecule has 2 N–H and O–H groups in total. The van der Waals surface area contributed by atoms with Crippen LogP contribution in [-0.2, 0) is 9.63 Å². The minimum absolute atomic E-state index is 0.0889. The van der Waals surface area contributed by atoms with Gasteiger partial charge in [0.05, 0.1) is 12.4 Å². The number of hydrazone groups is 1. The average Bonchev–Trinajstić information content (AvgIpc) is 3.10. The topological polar surface area (TPSA) is 109 Å². The van der Waals surface area contributed by atoms with Crippen molar-refractivity contribution in [2.24, 2.45) is 10.3 Å². The summed E-state index contributed by atoms with van der Waals surface area (Å²) in [4.78, 5) is 21.2. The van der Waals surface area contributed by atoms with Gasteiger partial charge < -0.3 is 14.4 Å². The van der Waals surface area contributed by atoms with E-state index < -0.39 is 18.0 Å². The lowest BCUT2D eigenvalue weighted by molar-refractivity contribution is -0.131. The highest BCUT2D eigenvalue weighted by Crippen LogP contribution is 2.24. The summed E-state index contributed by atoms with van der Waals surface area (Å²) in [6, 6.07) is 16.5. The van der Waals surface area contributed by atoms with Crippen molar-refractivity contribution < 1.29 is 19.2 Å². The molecule has 1 aromatic heterocycles. The summed E-state index contributed by atoms with van der Waals surface area (Å²) in [6.07, 6.45) is 1.81. The first-order valence-electron chi connectivity index (χ1n) is 8.56. The third-order valence-electron chi connectivity index (χ3n) is 3.68. The Kier molecular flexibility index (Phi) is 6.75. The second-order valence-electron chi connectivity index (χ2n) is 5.84. The van der Waals surface area contributed by atoms with Crippen molar-refractivity contribution in [2.75, 3.05) is 0 Å². The molecule has 0 saturated heterocycles. The van der Waals surface area contributed by atoms with Crippen molar-refractivity contribution in [3.8, 4) is 17.4 Å². The zero-order chi connectivity index (χ0) is 20.6. The Bertz CT molecular complexity index is 1020. The Morgan fingerprint density at radius 1 is 1.21 bits per heavy atom. The number of hydrogen-bond acceptors (Lipinski definition) is 7. The number of nitrogens with one attached hydrogen (secondary N) is 1. The van der Waals surface area contributed by atoms with Crippen LogP contribution in [0.1, 0.15) is 18.2 Å². The van der Waals surface area contributed by atoms with Gasteiger partial charge in [-0.1, -0.05) is 51.4 Å². The van der Waals surface area contributed by atoms with E-state index in [-0.39, 0.29) is 11.6 Å². The molecule has 0 spiro atoms. The van der Waals surface area contributed by atoms with Crippen LogP contribution in [0.4, 0.5) is 0 Å². The summed E-state index contributed by atoms with van der Waals surface area (Å²) in [7, 11) is 0. The molecule has 0 saturated carbocycles. The van der Waals surface area contributed by atoms with Crippen molar-refractivity contribution in [2.45, 2.75) is 13.0 Å². The smallest absolute Gasteiger partial charge is 0.312 e. The van der Waals surface area contributed by atoms with Gasteiger partial charge in [-0.3, -0.25) is 4.79 Å². The molecular formula is C20H17BrN4O4. The zero-order valence-corrected chi connectivity index (χ0v) is 16.9. The van der Waals surface area contributed by atoms with E-state index in [1.165, 1.54) is 19.4 Å². The molecule has 0 aliphatic rings. The molecule has 9 heteroatoms. The third kappa shape index (κ3) is 5.76. The number of amides is 1. The standard InChI is InChI=1S/C20H17BrN4O4/c1-13(29-23-11-14-7-9-16(21)10-8-14)18(26)25-22-12-17-20(27)28-19(24-17)15-5-3-2-4-6-15/h2-13,27H,1H3,(H,25,26). The Morgan fingerprint density at radius 2 is 1.93 bits per heavy atom. The van der Waals surface area contributed by atoms with Gasteiger partial charge in [0.1, 0.15) is 0 Å². The van der Waals surface area contributed by atoms with Crippen LogP contribution in [0.25, 0.3) is 11.5 Å². The quantitative estimate of drug-likeness (QED) is 0.416. The normalized spacial score (nSPS) is 12.3. The van der Waals surface area contributed by atoms with Crippen LogP contribution in [0.15, 0.2) is 73.7 Å². The molecule has 0 aliphatic carbocycles. The van der Waals surface area contributed by atoms with Crippen LogP contribution in [0.2, 0.25) is 0 Å². The lowest BCUT2D eigenvalue weighted by atomic mass is 10.2. The number of aromatic hydroxyl groups is 1. The minimum atomic E-state index is -0.871. The molecule has 29 heavy (non-hydrogen) atoms. The number of aromatic nitrogens is 1. The number of nitrogens with zero attached hydrogens (tertiary/aromatic N) is 3. The van der Waals surface area contributed by atoms with Gasteiger partial charge in [-0.2, -0.15) is 5.10 Å². The number of oxime groups is 1. The van der Waals surface area contributed by atoms with Crippen molar-refractivity contribution in [1.29, 1.82) is 0 Å². The van der Waals surface area contributed by atoms with Crippen LogP contribution < -0.4 is 5.43 Å². The molecule has 1 heterocycles. The van der Waals surface area contributed by atoms with Crippen LogP contribution in [0, 0.1) is 0 Å². The van der Waals surface area contributed by atoms with Gasteiger partial charge in [0.2, 0.25) is 12.0 Å². The van der Waals surface area contributed by atoms with E-state index in [4.69, 9.17) is 9.25 Å². The van der Waals surface area contributed by atoms with Crippen molar-refractivity contribution >= 4 is 34.3 Å². The van der Waals surface area contributed by atoms with Crippen LogP contribution in [0.3, 0.4) is 0 Å². The van der Waals surface area contributed by atoms with E-state index in [0.717, 1.165) is 10.0 Å². The summed E-state index contributed by atoms with van der Waals surface area (Å²) in [5, 5.41) is 17.4. The number of benzene rings is 2. The lowest BCUT2D eigenvalue weighted by Gasteiger charge is -2.06. The summed E-state index contributed by atoms with van der Waals surface area (Å²) in [5.41, 5.74) is 3.92. The molecule has 2 aromatic carbocycles. The molecule has 1 unspecified atom stereocenters. The van der Waals surface area contributed by atoms with Crippen LogP contribution in [0.5, 0.6) is 5.95 Å². The van der Waals surface area contributed by atoms with Gasteiger partial charge in [-0.05, 0) is 36.8 Å². The third-order valence-corrected chi connectivity index (χ3v) is 4.21. The highest BCUT2D eigenvalue weighted by molar-refractivity contribution is 9.10. The molecule has 3 rings (SSSR count). The fraction of sp³-hybridized carbons (Fsp3) is 0.100. The molecule has 0 bridgehead atoms. The molecule has 8 nitrogen and oxygen atoms in total. The Labute approximate surface area is 175 Å². The average molecular weight is 457 g/mol. The fourth-order valence-electron chi connectivity index (χ4n) is 2.14. The molecule has 3 aromatic rings. The first-order valence-corrected chi connectivity index (χ1v) is 9.35. The lowest BCUT2D eigenvalue weighted by Crippen LogP contribution is -2.30. The van der Waals surface area contributed by atoms with Gasteiger partial charge in [0, 0.05) is 10.0 Å². The van der Waals surface area contributed by atoms with Gasteiger partial charge >= 0.3 is 5.95 Å². The summed E-state index contributed by atoms with van der Waals surface area (Å²) >= 11 is 3.35. The van der Waals surface area contributed by atoms with Crippen molar-refractivity contribution in [3.05, 3.63) is 70.3 Å². The van der Waals surface area contributed by atoms with E-state index >= 15 is 0 Å². The van der Waals surface area contributed by atoms with Crippen molar-refractivity contribution in [1.82, 2.24) is 10.4 Å². The number of halogens is 1. The predicted molar refractivity (Wildman–Crippen MR) is 112 cm³/mol. The molecule has 0 fully saturated rings. The SMILES string of the molecule is CC(ON=Cc1ccc(Br)cc1)C(=O)NN=Cc1nc(-c2ccccc2)oc1O. The first-order chi connectivity index (χ1) is 14.0. The van der Waals surface area contributed by atoms with E-state index in [2.05, 4.69) is 36.6 Å². The summed E-state index contributed by atoms with van der Waals surface area (Å²) < 4.78 is 6.16. The van der Waals surface area contributed by atoms with Gasteiger partial charge in [-0.15, -0.1) is 0 Å². The van der Waals surface area contributed by atoms with E-state index in [9.17, 15) is 9.90 Å². The van der Waals surface area contributed by atoms with Crippen LogP contribution >= 0.6 is 15.9 Å². The molecule has 1 atom stereocenters. The summed E-state index contributed by atoms with van der Waals surface area (Å²) in [5.74, 6) is -0.666. The second-order valence-corrected chi connectivity index (χ2v) is 6.76. The number of rotatable bonds is 7. The van der Waals surface area contributed by atoms with E-state index in [1.54, 1.807) is 12.1 Å². The number of hydrogen-bond donors (Lipinski definition) is 2. The number of carbonyl (C=O) groups excluding carboxylic acids is 1. The van der Waals surface area contributed by atoms with E-state index in [0.29, 0.717) is 5.56 Å². The largest absolute Gasteiger partial charge is 0.479 e. The predicted octanol–water partition coefficient (Wildman–Crippen LogP) is 3.70. The zero-order valence-electron chi connectivity index (χ0n) is 15.3. The molecule has 0 radical (unpaired) electrons. The highest BCUT2D eigenvalue weighted by Gasteiger charge is 2.14. The molecule has 1 amide bonds. The molecule has 0 aliphatic heterocycles. The van der Waals surface area contributed by atoms with Gasteiger partial charge in [0.15, 0.2) is 5.69 Å². The molecular weight excluding hydrogens is 440 g/mol. The number of oxazole rings is 1. The van der Waals surface area contributed by atoms with Gasteiger partial charge in [0.25, 0.3) is 5.91 Å². The Morgan fingerprint density at radius 3 is 2.66 bits per heavy atom. The second kappa shape index (κ2) is 9.65. The maximum atomic E-state index is 12.0.